The molecule has 0 saturated carbocycles. The van der Waals surface area contributed by atoms with Gasteiger partial charge in [0.2, 0.25) is 0 Å². The van der Waals surface area contributed by atoms with Crippen LogP contribution in [0, 0.1) is 6.92 Å². The lowest BCUT2D eigenvalue weighted by Gasteiger charge is -2.31. The SMILES string of the molecule is Cc1cccc(N(c2cc3ccccc3c3ccccc23)C(C)C)c1. The van der Waals surface area contributed by atoms with Crippen LogP contribution in [0.5, 0.6) is 0 Å². The molecule has 0 N–H and O–H groups in total. The predicted octanol–water partition coefficient (Wildman–Crippen LogP) is 6.85. The molecule has 4 rings (SSSR count). The van der Waals surface area contributed by atoms with Crippen LogP contribution in [0.25, 0.3) is 21.5 Å². The predicted molar refractivity (Wildman–Crippen MR) is 110 cm³/mol. The minimum absolute atomic E-state index is 0.367. The van der Waals surface area contributed by atoms with Crippen LogP contribution in [0.15, 0.2) is 78.9 Å². The van der Waals surface area contributed by atoms with Gasteiger partial charge >= 0.3 is 0 Å². The molecule has 0 unspecified atom stereocenters. The zero-order valence-corrected chi connectivity index (χ0v) is 15.0. The fourth-order valence-electron chi connectivity index (χ4n) is 3.73. The highest BCUT2D eigenvalue weighted by atomic mass is 15.2. The van der Waals surface area contributed by atoms with Crippen LogP contribution in [0.1, 0.15) is 19.4 Å². The van der Waals surface area contributed by atoms with Gasteiger partial charge in [0, 0.05) is 22.8 Å². The van der Waals surface area contributed by atoms with Gasteiger partial charge in [-0.2, -0.15) is 0 Å². The molecular formula is C24H23N. The summed E-state index contributed by atoms with van der Waals surface area (Å²) in [5.41, 5.74) is 3.80. The molecule has 1 nitrogen and oxygen atoms in total. The minimum Gasteiger partial charge on any atom is -0.338 e. The van der Waals surface area contributed by atoms with E-state index in [0.29, 0.717) is 6.04 Å². The highest BCUT2D eigenvalue weighted by Crippen LogP contribution is 2.38. The molecule has 0 bridgehead atoms. The number of hydrogen-bond acceptors (Lipinski definition) is 1. The summed E-state index contributed by atoms with van der Waals surface area (Å²) in [6.45, 7) is 6.67. The van der Waals surface area contributed by atoms with Crippen LogP contribution < -0.4 is 4.90 Å². The number of rotatable bonds is 3. The summed E-state index contributed by atoms with van der Waals surface area (Å²) in [5, 5.41) is 5.22. The normalized spacial score (nSPS) is 11.4. The Kier molecular flexibility index (Phi) is 3.93. The minimum atomic E-state index is 0.367. The van der Waals surface area contributed by atoms with E-state index in [0.717, 1.165) is 0 Å². The first kappa shape index (κ1) is 15.7. The standard InChI is InChI=1S/C24H23N/c1-17(2)25(20-11-8-9-18(3)15-20)24-16-19-10-4-5-12-21(19)22-13-6-7-14-23(22)24/h4-17H,1-3H3. The monoisotopic (exact) mass is 325 g/mol. The molecule has 4 aromatic rings. The van der Waals surface area contributed by atoms with Crippen LogP contribution in [0.3, 0.4) is 0 Å². The Morgan fingerprint density at radius 2 is 1.36 bits per heavy atom. The van der Waals surface area contributed by atoms with Gasteiger partial charge in [0.15, 0.2) is 0 Å². The Hall–Kier alpha value is -2.80. The van der Waals surface area contributed by atoms with E-state index in [1.165, 1.54) is 38.5 Å². The van der Waals surface area contributed by atoms with Gasteiger partial charge in [0.1, 0.15) is 0 Å². The zero-order valence-electron chi connectivity index (χ0n) is 15.0. The lowest BCUT2D eigenvalue weighted by Crippen LogP contribution is -2.25. The molecule has 25 heavy (non-hydrogen) atoms. The lowest BCUT2D eigenvalue weighted by atomic mass is 9.98. The molecule has 0 spiro atoms. The molecule has 0 aliphatic carbocycles. The van der Waals surface area contributed by atoms with Crippen LogP contribution >= 0.6 is 0 Å². The van der Waals surface area contributed by atoms with Crippen LogP contribution in [-0.2, 0) is 0 Å². The van der Waals surface area contributed by atoms with E-state index in [9.17, 15) is 0 Å². The van der Waals surface area contributed by atoms with E-state index in [1.54, 1.807) is 0 Å². The number of hydrogen-bond donors (Lipinski definition) is 0. The third kappa shape index (κ3) is 2.76. The largest absolute Gasteiger partial charge is 0.338 e. The number of nitrogens with zero attached hydrogens (tertiary/aromatic N) is 1. The molecule has 0 aliphatic heterocycles. The number of fused-ring (bicyclic) bond motifs is 3. The van der Waals surface area contributed by atoms with Crippen molar-refractivity contribution in [2.24, 2.45) is 0 Å². The maximum atomic E-state index is 2.45. The summed E-state index contributed by atoms with van der Waals surface area (Å²) in [7, 11) is 0. The van der Waals surface area contributed by atoms with Gasteiger partial charge in [-0.15, -0.1) is 0 Å². The van der Waals surface area contributed by atoms with Gasteiger partial charge in [0.25, 0.3) is 0 Å². The van der Waals surface area contributed by atoms with E-state index in [4.69, 9.17) is 0 Å². The molecule has 0 aromatic heterocycles. The topological polar surface area (TPSA) is 3.24 Å². The molecular weight excluding hydrogens is 302 g/mol. The van der Waals surface area contributed by atoms with Gasteiger partial charge in [-0.25, -0.2) is 0 Å². The van der Waals surface area contributed by atoms with Gasteiger partial charge in [0.05, 0.1) is 0 Å². The van der Waals surface area contributed by atoms with Crippen molar-refractivity contribution >= 4 is 32.9 Å². The first-order chi connectivity index (χ1) is 12.1. The van der Waals surface area contributed by atoms with E-state index in [2.05, 4.69) is 105 Å². The summed E-state index contributed by atoms with van der Waals surface area (Å²) in [6.07, 6.45) is 0. The van der Waals surface area contributed by atoms with Crippen molar-refractivity contribution in [3.8, 4) is 0 Å². The molecule has 1 heteroatoms. The van der Waals surface area contributed by atoms with E-state index in [1.807, 2.05) is 0 Å². The quantitative estimate of drug-likeness (QED) is 0.372. The average molecular weight is 325 g/mol. The van der Waals surface area contributed by atoms with E-state index in [-0.39, 0.29) is 0 Å². The van der Waals surface area contributed by atoms with Crippen LogP contribution in [0.4, 0.5) is 11.4 Å². The summed E-state index contributed by atoms with van der Waals surface area (Å²) in [5.74, 6) is 0. The van der Waals surface area contributed by atoms with Crippen molar-refractivity contribution in [2.45, 2.75) is 26.8 Å². The Bertz CT molecular complexity index is 1050. The van der Waals surface area contributed by atoms with Crippen molar-refractivity contribution in [2.75, 3.05) is 4.90 Å². The smallest absolute Gasteiger partial charge is 0.0499 e. The lowest BCUT2D eigenvalue weighted by molar-refractivity contribution is 0.791. The second-order valence-corrected chi connectivity index (χ2v) is 6.97. The second kappa shape index (κ2) is 6.25. The molecule has 0 fully saturated rings. The van der Waals surface area contributed by atoms with E-state index < -0.39 is 0 Å². The Morgan fingerprint density at radius 1 is 0.680 bits per heavy atom. The van der Waals surface area contributed by atoms with Gasteiger partial charge < -0.3 is 4.90 Å². The van der Waals surface area contributed by atoms with Gasteiger partial charge in [-0.3, -0.25) is 0 Å². The summed E-state index contributed by atoms with van der Waals surface area (Å²) >= 11 is 0. The maximum Gasteiger partial charge on any atom is 0.0499 e. The molecule has 0 aliphatic rings. The van der Waals surface area contributed by atoms with Crippen molar-refractivity contribution in [1.82, 2.24) is 0 Å². The highest BCUT2D eigenvalue weighted by molar-refractivity contribution is 6.13. The Morgan fingerprint density at radius 3 is 2.08 bits per heavy atom. The Labute approximate surface area is 149 Å². The fraction of sp³-hybridized carbons (Fsp3) is 0.167. The first-order valence-electron chi connectivity index (χ1n) is 8.91. The molecule has 0 amide bonds. The van der Waals surface area contributed by atoms with Gasteiger partial charge in [-0.1, -0.05) is 60.7 Å². The third-order valence-corrected chi connectivity index (χ3v) is 4.80. The molecule has 0 atom stereocenters. The Balaban J connectivity index is 2.06. The second-order valence-electron chi connectivity index (χ2n) is 6.97. The van der Waals surface area contributed by atoms with Crippen LogP contribution in [0.2, 0.25) is 0 Å². The molecule has 124 valence electrons. The van der Waals surface area contributed by atoms with E-state index >= 15 is 0 Å². The maximum absolute atomic E-state index is 2.45. The summed E-state index contributed by atoms with van der Waals surface area (Å²) < 4.78 is 0. The van der Waals surface area contributed by atoms with Crippen molar-refractivity contribution in [3.63, 3.8) is 0 Å². The van der Waals surface area contributed by atoms with Crippen molar-refractivity contribution in [3.05, 3.63) is 84.4 Å². The third-order valence-electron chi connectivity index (χ3n) is 4.80. The summed E-state index contributed by atoms with van der Waals surface area (Å²) in [4.78, 5) is 2.45. The number of benzene rings is 4. The molecule has 0 radical (unpaired) electrons. The highest BCUT2D eigenvalue weighted by Gasteiger charge is 2.17. The van der Waals surface area contributed by atoms with Crippen molar-refractivity contribution < 1.29 is 0 Å². The zero-order chi connectivity index (χ0) is 17.4. The first-order valence-corrected chi connectivity index (χ1v) is 8.91. The number of aryl methyl sites for hydroxylation is 1. The van der Waals surface area contributed by atoms with Crippen LogP contribution in [-0.4, -0.2) is 6.04 Å². The number of anilines is 2. The molecule has 0 saturated heterocycles. The molecule has 0 heterocycles. The fourth-order valence-corrected chi connectivity index (χ4v) is 3.73. The van der Waals surface area contributed by atoms with Gasteiger partial charge in [-0.05, 0) is 60.7 Å². The molecule has 4 aromatic carbocycles. The average Bonchev–Trinajstić information content (AvgIpc) is 2.62. The summed E-state index contributed by atoms with van der Waals surface area (Å²) in [6, 6.07) is 28.9. The van der Waals surface area contributed by atoms with Crippen molar-refractivity contribution in [1.29, 1.82) is 0 Å².